The van der Waals surface area contributed by atoms with Crippen LogP contribution in [0.5, 0.6) is 0 Å². The van der Waals surface area contributed by atoms with E-state index in [2.05, 4.69) is 5.32 Å². The van der Waals surface area contributed by atoms with Crippen molar-refractivity contribution < 1.29 is 9.18 Å². The van der Waals surface area contributed by atoms with Crippen LogP contribution < -0.4 is 5.32 Å². The largest absolute Gasteiger partial charge is 0.316 e. The van der Waals surface area contributed by atoms with Crippen molar-refractivity contribution in [2.75, 3.05) is 13.1 Å². The second-order valence-corrected chi connectivity index (χ2v) is 3.92. The molecule has 1 fully saturated rings. The van der Waals surface area contributed by atoms with Gasteiger partial charge >= 0.3 is 0 Å². The first-order valence-corrected chi connectivity index (χ1v) is 5.28. The number of Topliss-reactive ketones (excluding diaryl/α,β-unsaturated/α-hetero) is 1. The summed E-state index contributed by atoms with van der Waals surface area (Å²) in [5.74, 6) is -0.271. The molecular weight excluding hydrogens is 229 g/mol. The second-order valence-electron chi connectivity index (χ2n) is 3.92. The Bertz CT molecular complexity index is 364. The highest BCUT2D eigenvalue weighted by atomic mass is 35.5. The molecule has 2 nitrogen and oxygen atoms in total. The van der Waals surface area contributed by atoms with Gasteiger partial charge in [0.1, 0.15) is 5.82 Å². The summed E-state index contributed by atoms with van der Waals surface area (Å²) in [7, 11) is 0. The molecule has 0 amide bonds. The summed E-state index contributed by atoms with van der Waals surface area (Å²) < 4.78 is 12.9. The number of benzene rings is 1. The van der Waals surface area contributed by atoms with Crippen molar-refractivity contribution in [3.8, 4) is 0 Å². The summed E-state index contributed by atoms with van der Waals surface area (Å²) in [4.78, 5) is 11.9. The Labute approximate surface area is 101 Å². The number of carbonyl (C=O) groups is 1. The molecule has 1 saturated heterocycles. The number of rotatable bonds is 2. The molecule has 1 heterocycles. The van der Waals surface area contributed by atoms with Crippen LogP contribution in [0, 0.1) is 11.7 Å². The van der Waals surface area contributed by atoms with E-state index in [1.807, 2.05) is 0 Å². The molecule has 1 aliphatic rings. The SMILES string of the molecule is Cl.O=C(c1cccc(F)c1)C1CCCNC1. The highest BCUT2D eigenvalue weighted by molar-refractivity contribution is 5.98. The Balaban J connectivity index is 0.00000128. The van der Waals surface area contributed by atoms with Gasteiger partial charge in [-0.05, 0) is 31.5 Å². The highest BCUT2D eigenvalue weighted by Crippen LogP contribution is 2.17. The normalized spacial score (nSPS) is 19.9. The van der Waals surface area contributed by atoms with Crippen LogP contribution in [0.1, 0.15) is 23.2 Å². The third kappa shape index (κ3) is 3.03. The number of halogens is 2. The van der Waals surface area contributed by atoms with Gasteiger partial charge in [-0.15, -0.1) is 12.4 Å². The average molecular weight is 244 g/mol. The molecule has 0 bridgehead atoms. The van der Waals surface area contributed by atoms with Crippen LogP contribution in [0.25, 0.3) is 0 Å². The molecule has 0 radical (unpaired) electrons. The van der Waals surface area contributed by atoms with E-state index in [-0.39, 0.29) is 29.9 Å². The molecule has 4 heteroatoms. The van der Waals surface area contributed by atoms with Crippen LogP contribution in [-0.4, -0.2) is 18.9 Å². The lowest BCUT2D eigenvalue weighted by Crippen LogP contribution is -2.34. The van der Waals surface area contributed by atoms with Crippen molar-refractivity contribution in [2.24, 2.45) is 5.92 Å². The lowest BCUT2D eigenvalue weighted by atomic mass is 9.91. The van der Waals surface area contributed by atoms with Gasteiger partial charge in [0.2, 0.25) is 0 Å². The lowest BCUT2D eigenvalue weighted by Gasteiger charge is -2.21. The van der Waals surface area contributed by atoms with Crippen molar-refractivity contribution in [2.45, 2.75) is 12.8 Å². The molecule has 16 heavy (non-hydrogen) atoms. The zero-order valence-electron chi connectivity index (χ0n) is 8.91. The van der Waals surface area contributed by atoms with Gasteiger partial charge in [0.15, 0.2) is 5.78 Å². The molecule has 0 aromatic heterocycles. The topological polar surface area (TPSA) is 29.1 Å². The monoisotopic (exact) mass is 243 g/mol. The van der Waals surface area contributed by atoms with E-state index in [1.54, 1.807) is 12.1 Å². The van der Waals surface area contributed by atoms with Gasteiger partial charge in [0.05, 0.1) is 0 Å². The van der Waals surface area contributed by atoms with Crippen molar-refractivity contribution in [1.29, 1.82) is 0 Å². The Morgan fingerprint density at radius 2 is 2.25 bits per heavy atom. The standard InChI is InChI=1S/C12H14FNO.ClH/c13-11-5-1-3-9(7-11)12(15)10-4-2-6-14-8-10;/h1,3,5,7,10,14H,2,4,6,8H2;1H. The fourth-order valence-electron chi connectivity index (χ4n) is 1.95. The highest BCUT2D eigenvalue weighted by Gasteiger charge is 2.22. The van der Waals surface area contributed by atoms with Crippen molar-refractivity contribution in [1.82, 2.24) is 5.32 Å². The van der Waals surface area contributed by atoms with Crippen LogP contribution in [-0.2, 0) is 0 Å². The van der Waals surface area contributed by atoms with E-state index in [0.29, 0.717) is 5.56 Å². The van der Waals surface area contributed by atoms with Crippen molar-refractivity contribution in [3.63, 3.8) is 0 Å². The van der Waals surface area contributed by atoms with Crippen LogP contribution in [0.2, 0.25) is 0 Å². The smallest absolute Gasteiger partial charge is 0.167 e. The number of ketones is 1. The van der Waals surface area contributed by atoms with Crippen LogP contribution in [0.3, 0.4) is 0 Å². The maximum Gasteiger partial charge on any atom is 0.167 e. The zero-order chi connectivity index (χ0) is 10.7. The van der Waals surface area contributed by atoms with E-state index < -0.39 is 0 Å². The summed E-state index contributed by atoms with van der Waals surface area (Å²) in [6.45, 7) is 1.70. The van der Waals surface area contributed by atoms with Gasteiger partial charge in [-0.25, -0.2) is 4.39 Å². The fourth-order valence-corrected chi connectivity index (χ4v) is 1.95. The molecule has 88 valence electrons. The Morgan fingerprint density at radius 1 is 1.44 bits per heavy atom. The predicted molar refractivity (Wildman–Crippen MR) is 63.6 cm³/mol. The maximum absolute atomic E-state index is 12.9. The molecule has 0 aliphatic carbocycles. The first-order chi connectivity index (χ1) is 7.27. The zero-order valence-corrected chi connectivity index (χ0v) is 9.73. The summed E-state index contributed by atoms with van der Waals surface area (Å²) in [6, 6.07) is 5.94. The van der Waals surface area contributed by atoms with Crippen LogP contribution in [0.15, 0.2) is 24.3 Å². The van der Waals surface area contributed by atoms with Crippen LogP contribution in [0.4, 0.5) is 4.39 Å². The van der Waals surface area contributed by atoms with E-state index in [4.69, 9.17) is 0 Å². The minimum atomic E-state index is -0.343. The predicted octanol–water partition coefficient (Wildman–Crippen LogP) is 2.43. The number of hydrogen-bond donors (Lipinski definition) is 1. The van der Waals surface area contributed by atoms with Gasteiger partial charge in [-0.2, -0.15) is 0 Å². The quantitative estimate of drug-likeness (QED) is 0.809. The molecule has 0 saturated carbocycles. The molecule has 1 unspecified atom stereocenters. The van der Waals surface area contributed by atoms with Crippen molar-refractivity contribution in [3.05, 3.63) is 35.6 Å². The summed E-state index contributed by atoms with van der Waals surface area (Å²) in [5.41, 5.74) is 0.490. The molecule has 1 aromatic rings. The van der Waals surface area contributed by atoms with E-state index in [9.17, 15) is 9.18 Å². The van der Waals surface area contributed by atoms with Gasteiger partial charge < -0.3 is 5.32 Å². The first-order valence-electron chi connectivity index (χ1n) is 5.28. The minimum Gasteiger partial charge on any atom is -0.316 e. The number of piperidine rings is 1. The molecule has 1 N–H and O–H groups in total. The molecule has 1 atom stereocenters. The van der Waals surface area contributed by atoms with Gasteiger partial charge in [0.25, 0.3) is 0 Å². The summed E-state index contributed by atoms with van der Waals surface area (Å²) in [5, 5.41) is 3.19. The number of carbonyl (C=O) groups excluding carboxylic acids is 1. The first kappa shape index (κ1) is 13.1. The van der Waals surface area contributed by atoms with E-state index >= 15 is 0 Å². The van der Waals surface area contributed by atoms with Gasteiger partial charge in [-0.1, -0.05) is 12.1 Å². The summed E-state index contributed by atoms with van der Waals surface area (Å²) in [6.07, 6.45) is 1.92. The molecular formula is C12H15ClFNO. The van der Waals surface area contributed by atoms with E-state index in [1.165, 1.54) is 12.1 Å². The molecule has 0 spiro atoms. The Kier molecular flexibility index (Phi) is 4.90. The number of hydrogen-bond acceptors (Lipinski definition) is 2. The maximum atomic E-state index is 12.9. The Hall–Kier alpha value is -0.930. The third-order valence-corrected chi connectivity index (χ3v) is 2.78. The molecule has 2 rings (SSSR count). The van der Waals surface area contributed by atoms with Crippen LogP contribution >= 0.6 is 12.4 Å². The molecule has 1 aliphatic heterocycles. The lowest BCUT2D eigenvalue weighted by molar-refractivity contribution is 0.0899. The fraction of sp³-hybridized carbons (Fsp3) is 0.417. The second kappa shape index (κ2) is 5.97. The Morgan fingerprint density at radius 3 is 2.88 bits per heavy atom. The van der Waals surface area contributed by atoms with Crippen molar-refractivity contribution >= 4 is 18.2 Å². The number of nitrogens with one attached hydrogen (secondary N) is 1. The third-order valence-electron chi connectivity index (χ3n) is 2.78. The van der Waals surface area contributed by atoms with Gasteiger partial charge in [0, 0.05) is 18.0 Å². The summed E-state index contributed by atoms with van der Waals surface area (Å²) >= 11 is 0. The minimum absolute atomic E-state index is 0. The van der Waals surface area contributed by atoms with E-state index in [0.717, 1.165) is 25.9 Å². The van der Waals surface area contributed by atoms with Gasteiger partial charge in [-0.3, -0.25) is 4.79 Å². The molecule has 1 aromatic carbocycles. The average Bonchev–Trinajstić information content (AvgIpc) is 2.29.